The Bertz CT molecular complexity index is 2040. The average Bonchev–Trinajstić information content (AvgIpc) is 3.36. The van der Waals surface area contributed by atoms with E-state index in [0.29, 0.717) is 32.1 Å². The highest BCUT2D eigenvalue weighted by atomic mass is 16.8. The van der Waals surface area contributed by atoms with Gasteiger partial charge in [-0.3, -0.25) is 0 Å². The third-order valence-electron chi connectivity index (χ3n) is 20.4. The van der Waals surface area contributed by atoms with Gasteiger partial charge in [-0.05, 0) is 85.0 Å². The Labute approximate surface area is 431 Å². The van der Waals surface area contributed by atoms with E-state index < -0.39 is 165 Å². The van der Waals surface area contributed by atoms with Crippen LogP contribution in [0.3, 0.4) is 0 Å². The van der Waals surface area contributed by atoms with Crippen molar-refractivity contribution in [3.63, 3.8) is 0 Å². The molecule has 3 saturated carbocycles. The lowest BCUT2D eigenvalue weighted by Gasteiger charge is -2.70. The van der Waals surface area contributed by atoms with Crippen LogP contribution in [0.1, 0.15) is 92.9 Å². The highest BCUT2D eigenvalue weighted by Crippen LogP contribution is 2.74. The molecule has 424 valence electrons. The quantitative estimate of drug-likeness (QED) is 0.0905. The fraction of sp³-hybridized carbons (Fsp3) is 0.923. The molecule has 0 aromatic rings. The first-order valence-corrected chi connectivity index (χ1v) is 26.6. The number of rotatable bonds is 12. The zero-order chi connectivity index (χ0) is 53.8. The number of fused-ring (bicyclic) bond motifs is 6. The van der Waals surface area contributed by atoms with E-state index in [4.69, 9.17) is 37.9 Å². The number of hydrogen-bond donors (Lipinski definition) is 14. The second kappa shape index (κ2) is 20.9. The molecule has 14 N–H and O–H groups in total. The van der Waals surface area contributed by atoms with E-state index in [1.54, 1.807) is 0 Å². The van der Waals surface area contributed by atoms with Gasteiger partial charge >= 0.3 is 0 Å². The minimum Gasteiger partial charge on any atom is -0.396 e. The molecule has 0 aromatic heterocycles. The molecule has 22 heteroatoms. The molecule has 0 spiro atoms. The smallest absolute Gasteiger partial charge is 0.187 e. The molecule has 0 bridgehead atoms. The SMILES string of the molecule is CC1(C)CC[C@@]2(CO)C(=C3C=C[C@@H]4[C@@]5(C)CC[C@H](O[C@@H]6OC[C@@H](O[C@@H]7O[C@H](CO)[C@@H](O)[C@H](O)[C@@H]7O[C@H]7OC[C@@H](O)[C@@H](O)[C@@H]7O)[C@H](O)[C@@H]6O[C@@H]6O[C@@H](CO)[C@H](O)[C@@H](O)[C@H]6O)[C@@](C)(CO)[C@@H]5CC[C@]4(C)[C@@]3(C)C[C@H]2O)C1. The average molecular weight is 1060 g/mol. The number of hydrogen-bond acceptors (Lipinski definition) is 22. The molecule has 27 atom stereocenters. The number of aliphatic hydroxyl groups is 14. The summed E-state index contributed by atoms with van der Waals surface area (Å²) in [6.07, 6.45) is -22.0. The molecule has 22 nitrogen and oxygen atoms in total. The third-order valence-corrected chi connectivity index (χ3v) is 20.4. The van der Waals surface area contributed by atoms with Gasteiger partial charge in [0.1, 0.15) is 85.5 Å². The standard InChI is InChI=1S/C52H84O22/c1-47(2)13-14-52(22-56)24(15-47)23-7-8-30-48(3)11-10-32(49(4,21-55)29(48)9-12-50(30,5)51(23,6)16-31(52)58)72-45-41(74-44-40(66)37(63)34(60)26(17-53)69-44)36(62)28(20-68-45)71-46-42(38(64)35(61)27(18-54)70-46)73-43-39(65)33(59)25(57)19-67-43/h7-8,25-46,53-66H,9-22H2,1-6H3/t25-,26+,27-,28-,29-,30-,31-,32+,33-,34+,35-,36+,37-,38+,39+,40-,41+,42+,43-,44+,45+,46+,48+,49+,50+,51+,52-/m1/s1. The molecular formula is C52H84O22. The molecular weight excluding hydrogens is 977 g/mol. The molecule has 4 aliphatic heterocycles. The van der Waals surface area contributed by atoms with Crippen LogP contribution < -0.4 is 0 Å². The minimum atomic E-state index is -1.93. The van der Waals surface area contributed by atoms with Crippen molar-refractivity contribution in [1.29, 1.82) is 0 Å². The highest BCUT2D eigenvalue weighted by molar-refractivity contribution is 5.47. The number of aliphatic hydroxyl groups excluding tert-OH is 14. The van der Waals surface area contributed by atoms with Crippen molar-refractivity contribution in [2.24, 2.45) is 44.3 Å². The maximum absolute atomic E-state index is 12.3. The van der Waals surface area contributed by atoms with Crippen molar-refractivity contribution >= 4 is 0 Å². The summed E-state index contributed by atoms with van der Waals surface area (Å²) in [7, 11) is 0. The first-order chi connectivity index (χ1) is 34.8. The van der Waals surface area contributed by atoms with E-state index in [2.05, 4.69) is 46.8 Å². The minimum absolute atomic E-state index is 0.00812. The second-order valence-electron chi connectivity index (χ2n) is 25.0. The Balaban J connectivity index is 0.995. The van der Waals surface area contributed by atoms with Crippen LogP contribution in [0.2, 0.25) is 0 Å². The van der Waals surface area contributed by atoms with Crippen LogP contribution in [0.4, 0.5) is 0 Å². The van der Waals surface area contributed by atoms with Crippen LogP contribution in [-0.4, -0.2) is 234 Å². The van der Waals surface area contributed by atoms with Gasteiger partial charge in [0.05, 0.1) is 51.8 Å². The predicted octanol–water partition coefficient (Wildman–Crippen LogP) is -2.42. The molecule has 9 rings (SSSR count). The van der Waals surface area contributed by atoms with E-state index in [9.17, 15) is 71.5 Å². The van der Waals surface area contributed by atoms with Gasteiger partial charge in [0, 0.05) is 16.2 Å². The van der Waals surface area contributed by atoms with Gasteiger partial charge in [0.2, 0.25) is 0 Å². The Morgan fingerprint density at radius 2 is 1.20 bits per heavy atom. The molecule has 0 radical (unpaired) electrons. The molecule has 4 saturated heterocycles. The summed E-state index contributed by atoms with van der Waals surface area (Å²) in [5.74, 6) is -0.122. The van der Waals surface area contributed by atoms with Crippen molar-refractivity contribution in [3.8, 4) is 0 Å². The van der Waals surface area contributed by atoms with Crippen molar-refractivity contribution in [1.82, 2.24) is 0 Å². The van der Waals surface area contributed by atoms with Gasteiger partial charge in [0.25, 0.3) is 0 Å². The Hall–Kier alpha value is -1.40. The van der Waals surface area contributed by atoms with Gasteiger partial charge in [-0.1, -0.05) is 59.3 Å². The van der Waals surface area contributed by atoms with E-state index in [1.807, 2.05) is 6.92 Å². The molecule has 0 unspecified atom stereocenters. The van der Waals surface area contributed by atoms with Gasteiger partial charge in [-0.2, -0.15) is 0 Å². The lowest BCUT2D eigenvalue weighted by atomic mass is 9.35. The van der Waals surface area contributed by atoms with E-state index in [1.165, 1.54) is 11.1 Å². The normalized spacial score (nSPS) is 54.4. The first kappa shape index (κ1) is 57.3. The van der Waals surface area contributed by atoms with Crippen LogP contribution in [-0.2, 0) is 37.9 Å². The van der Waals surface area contributed by atoms with Gasteiger partial charge < -0.3 is 109 Å². The summed E-state index contributed by atoms with van der Waals surface area (Å²) in [6, 6.07) is 0. The Kier molecular flexibility index (Phi) is 16.2. The fourth-order valence-corrected chi connectivity index (χ4v) is 15.4. The molecule has 4 heterocycles. The van der Waals surface area contributed by atoms with Crippen molar-refractivity contribution in [2.45, 2.75) is 216 Å². The lowest BCUT2D eigenvalue weighted by molar-refractivity contribution is -0.392. The zero-order valence-electron chi connectivity index (χ0n) is 43.3. The number of allylic oxidation sites excluding steroid dienone is 3. The lowest BCUT2D eigenvalue weighted by Crippen LogP contribution is -2.67. The van der Waals surface area contributed by atoms with Gasteiger partial charge in [-0.15, -0.1) is 0 Å². The van der Waals surface area contributed by atoms with E-state index in [-0.39, 0.29) is 41.3 Å². The largest absolute Gasteiger partial charge is 0.396 e. The van der Waals surface area contributed by atoms with Crippen molar-refractivity contribution in [2.75, 3.05) is 39.6 Å². The first-order valence-electron chi connectivity index (χ1n) is 26.6. The van der Waals surface area contributed by atoms with Crippen LogP contribution in [0.5, 0.6) is 0 Å². The third kappa shape index (κ3) is 9.12. The van der Waals surface area contributed by atoms with Gasteiger partial charge in [-0.25, -0.2) is 0 Å². The number of ether oxygens (including phenoxy) is 8. The second-order valence-corrected chi connectivity index (χ2v) is 25.0. The molecule has 0 aromatic carbocycles. The Morgan fingerprint density at radius 3 is 1.86 bits per heavy atom. The fourth-order valence-electron chi connectivity index (χ4n) is 15.4. The van der Waals surface area contributed by atoms with E-state index in [0.717, 1.165) is 19.3 Å². The predicted molar refractivity (Wildman–Crippen MR) is 253 cm³/mol. The summed E-state index contributed by atoms with van der Waals surface area (Å²) in [6.45, 7) is 10.4. The summed E-state index contributed by atoms with van der Waals surface area (Å²) in [4.78, 5) is 0. The van der Waals surface area contributed by atoms with Crippen molar-refractivity contribution in [3.05, 3.63) is 23.3 Å². The van der Waals surface area contributed by atoms with Crippen LogP contribution in [0.15, 0.2) is 23.3 Å². The molecule has 5 aliphatic carbocycles. The van der Waals surface area contributed by atoms with Crippen molar-refractivity contribution < 1.29 is 109 Å². The summed E-state index contributed by atoms with van der Waals surface area (Å²) in [5, 5.41) is 153. The Morgan fingerprint density at radius 1 is 0.581 bits per heavy atom. The molecule has 0 amide bonds. The van der Waals surface area contributed by atoms with Gasteiger partial charge in [0.15, 0.2) is 25.2 Å². The van der Waals surface area contributed by atoms with Crippen LogP contribution in [0, 0.1) is 44.3 Å². The maximum Gasteiger partial charge on any atom is 0.187 e. The summed E-state index contributed by atoms with van der Waals surface area (Å²) >= 11 is 0. The molecule has 7 fully saturated rings. The summed E-state index contributed by atoms with van der Waals surface area (Å²) < 4.78 is 48.4. The highest BCUT2D eigenvalue weighted by Gasteiger charge is 2.69. The van der Waals surface area contributed by atoms with Crippen LogP contribution >= 0.6 is 0 Å². The molecule has 74 heavy (non-hydrogen) atoms. The van der Waals surface area contributed by atoms with Crippen LogP contribution in [0.25, 0.3) is 0 Å². The topological polar surface area (TPSA) is 357 Å². The zero-order valence-corrected chi connectivity index (χ0v) is 43.3. The monoisotopic (exact) mass is 1060 g/mol. The van der Waals surface area contributed by atoms with E-state index >= 15 is 0 Å². The summed E-state index contributed by atoms with van der Waals surface area (Å²) in [5.41, 5.74) is -0.344. The molecule has 9 aliphatic rings. The maximum atomic E-state index is 12.3.